The molecule has 2 aromatic rings. The fraction of sp³-hybridized carbons (Fsp3) is 0.478. The first-order valence-electron chi connectivity index (χ1n) is 10.5. The third-order valence-electron chi connectivity index (χ3n) is 6.77. The molecule has 0 radical (unpaired) electrons. The number of fused-ring (bicyclic) bond motifs is 5. The summed E-state index contributed by atoms with van der Waals surface area (Å²) in [5.74, 6) is 1.16. The molecular weight excluding hydrogens is 366 g/mol. The first-order chi connectivity index (χ1) is 14.2. The third kappa shape index (κ3) is 3.15. The van der Waals surface area contributed by atoms with Crippen LogP contribution in [0.1, 0.15) is 47.2 Å². The van der Waals surface area contributed by atoms with E-state index in [9.17, 15) is 9.59 Å². The normalized spacial score (nSPS) is 24.5. The van der Waals surface area contributed by atoms with Crippen molar-refractivity contribution in [2.24, 2.45) is 5.92 Å². The quantitative estimate of drug-likeness (QED) is 0.832. The Labute approximate surface area is 170 Å². The summed E-state index contributed by atoms with van der Waals surface area (Å²) >= 11 is 0. The van der Waals surface area contributed by atoms with Crippen molar-refractivity contribution >= 4 is 5.91 Å². The van der Waals surface area contributed by atoms with E-state index in [0.29, 0.717) is 12.5 Å². The van der Waals surface area contributed by atoms with Crippen LogP contribution in [0, 0.1) is 5.92 Å². The lowest BCUT2D eigenvalue weighted by atomic mass is 9.79. The fourth-order valence-electron chi connectivity index (χ4n) is 5.40. The van der Waals surface area contributed by atoms with E-state index >= 15 is 0 Å². The van der Waals surface area contributed by atoms with Gasteiger partial charge in [-0.15, -0.1) is 0 Å². The summed E-state index contributed by atoms with van der Waals surface area (Å²) in [7, 11) is 1.67. The summed E-state index contributed by atoms with van der Waals surface area (Å²) in [5, 5.41) is 6.54. The zero-order valence-electron chi connectivity index (χ0n) is 16.7. The van der Waals surface area contributed by atoms with Gasteiger partial charge in [0.15, 0.2) is 0 Å². The highest BCUT2D eigenvalue weighted by molar-refractivity contribution is 5.81. The average molecular weight is 393 g/mol. The number of nitrogens with zero attached hydrogens (tertiary/aromatic N) is 1. The Hall–Kier alpha value is -2.60. The molecule has 1 aliphatic carbocycles. The van der Waals surface area contributed by atoms with Crippen LogP contribution in [0.3, 0.4) is 0 Å². The Balaban J connectivity index is 1.42. The van der Waals surface area contributed by atoms with E-state index in [0.717, 1.165) is 49.4 Å². The van der Waals surface area contributed by atoms with E-state index in [2.05, 4.69) is 22.8 Å². The Morgan fingerprint density at radius 3 is 2.90 bits per heavy atom. The van der Waals surface area contributed by atoms with Crippen LogP contribution in [0.2, 0.25) is 0 Å². The predicted octanol–water partition coefficient (Wildman–Crippen LogP) is 1.91. The molecule has 3 atom stereocenters. The molecule has 1 fully saturated rings. The van der Waals surface area contributed by atoms with Crippen molar-refractivity contribution in [3.05, 3.63) is 63.1 Å². The highest BCUT2D eigenvalue weighted by Crippen LogP contribution is 2.38. The molecule has 3 aliphatic rings. The molecule has 1 aromatic heterocycles. The largest absolute Gasteiger partial charge is 0.496 e. The van der Waals surface area contributed by atoms with E-state index in [-0.39, 0.29) is 17.4 Å². The van der Waals surface area contributed by atoms with Gasteiger partial charge in [0.2, 0.25) is 5.91 Å². The molecule has 1 amide bonds. The summed E-state index contributed by atoms with van der Waals surface area (Å²) in [4.78, 5) is 25.9. The Bertz CT molecular complexity index is 1010. The second-order valence-electron chi connectivity index (χ2n) is 8.46. The predicted molar refractivity (Wildman–Crippen MR) is 110 cm³/mol. The van der Waals surface area contributed by atoms with Gasteiger partial charge >= 0.3 is 0 Å². The minimum atomic E-state index is -0.469. The number of rotatable bonds is 4. The number of aryl methyl sites for hydroxylation is 2. The fourth-order valence-corrected chi connectivity index (χ4v) is 5.40. The molecular formula is C23H27N3O3. The molecule has 1 aromatic carbocycles. The van der Waals surface area contributed by atoms with E-state index < -0.39 is 6.04 Å². The Morgan fingerprint density at radius 1 is 1.24 bits per heavy atom. The van der Waals surface area contributed by atoms with Gasteiger partial charge in [0.1, 0.15) is 11.8 Å². The van der Waals surface area contributed by atoms with Gasteiger partial charge in [-0.25, -0.2) is 0 Å². The number of hydrogen-bond donors (Lipinski definition) is 2. The van der Waals surface area contributed by atoms with Crippen molar-refractivity contribution < 1.29 is 9.53 Å². The number of carbonyl (C=O) groups is 1. The van der Waals surface area contributed by atoms with E-state index in [1.165, 1.54) is 17.5 Å². The van der Waals surface area contributed by atoms with E-state index in [4.69, 9.17) is 4.74 Å². The molecule has 6 nitrogen and oxygen atoms in total. The summed E-state index contributed by atoms with van der Waals surface area (Å²) in [5.41, 5.74) is 4.58. The van der Waals surface area contributed by atoms with Gasteiger partial charge in [0.05, 0.1) is 7.11 Å². The number of amides is 1. The number of methoxy groups -OCH3 is 1. The van der Waals surface area contributed by atoms with Crippen LogP contribution in [0.5, 0.6) is 5.75 Å². The number of carbonyl (C=O) groups excluding carboxylic acids is 1. The molecule has 0 saturated carbocycles. The molecule has 29 heavy (non-hydrogen) atoms. The minimum Gasteiger partial charge on any atom is -0.496 e. The molecule has 1 saturated heterocycles. The Kier molecular flexibility index (Phi) is 4.66. The van der Waals surface area contributed by atoms with Crippen molar-refractivity contribution in [2.75, 3.05) is 20.2 Å². The number of aromatic nitrogens is 1. The van der Waals surface area contributed by atoms with Crippen molar-refractivity contribution in [3.63, 3.8) is 0 Å². The van der Waals surface area contributed by atoms with Gasteiger partial charge in [-0.05, 0) is 48.9 Å². The van der Waals surface area contributed by atoms with Crippen LogP contribution in [0.15, 0.2) is 35.1 Å². The molecule has 2 bridgehead atoms. The van der Waals surface area contributed by atoms with Crippen molar-refractivity contribution in [1.29, 1.82) is 0 Å². The molecule has 3 heterocycles. The van der Waals surface area contributed by atoms with Crippen LogP contribution in [0.4, 0.5) is 0 Å². The summed E-state index contributed by atoms with van der Waals surface area (Å²) in [6, 6.07) is 9.15. The van der Waals surface area contributed by atoms with Crippen molar-refractivity contribution in [2.45, 2.75) is 44.2 Å². The highest BCUT2D eigenvalue weighted by atomic mass is 16.5. The van der Waals surface area contributed by atoms with Gasteiger partial charge in [-0.1, -0.05) is 12.1 Å². The minimum absolute atomic E-state index is 0.0886. The smallest absolute Gasteiger partial charge is 0.251 e. The zero-order chi connectivity index (χ0) is 20.0. The number of piperidine rings is 1. The van der Waals surface area contributed by atoms with Crippen LogP contribution in [-0.4, -0.2) is 30.7 Å². The van der Waals surface area contributed by atoms with Crippen LogP contribution >= 0.6 is 0 Å². The lowest BCUT2D eigenvalue weighted by Gasteiger charge is -2.42. The van der Waals surface area contributed by atoms with Crippen LogP contribution < -0.4 is 20.9 Å². The molecule has 2 N–H and O–H groups in total. The maximum atomic E-state index is 13.3. The second kappa shape index (κ2) is 7.34. The highest BCUT2D eigenvalue weighted by Gasteiger charge is 2.41. The van der Waals surface area contributed by atoms with E-state index in [1.54, 1.807) is 23.8 Å². The number of ether oxygens (including phenoxy) is 1. The maximum Gasteiger partial charge on any atom is 0.251 e. The van der Waals surface area contributed by atoms with Gasteiger partial charge in [0.25, 0.3) is 5.56 Å². The Morgan fingerprint density at radius 2 is 2.07 bits per heavy atom. The van der Waals surface area contributed by atoms with Crippen LogP contribution in [-0.2, 0) is 24.2 Å². The average Bonchev–Trinajstić information content (AvgIpc) is 3.20. The lowest BCUT2D eigenvalue weighted by Crippen LogP contribution is -2.52. The van der Waals surface area contributed by atoms with E-state index in [1.807, 2.05) is 6.07 Å². The molecule has 152 valence electrons. The molecule has 5 rings (SSSR count). The molecule has 2 aliphatic heterocycles. The first-order valence-corrected chi connectivity index (χ1v) is 10.5. The maximum absolute atomic E-state index is 13.3. The number of hydrogen-bond acceptors (Lipinski definition) is 4. The monoisotopic (exact) mass is 393 g/mol. The second-order valence-corrected chi connectivity index (χ2v) is 8.46. The lowest BCUT2D eigenvalue weighted by molar-refractivity contribution is -0.127. The van der Waals surface area contributed by atoms with Crippen LogP contribution in [0.25, 0.3) is 0 Å². The third-order valence-corrected chi connectivity index (χ3v) is 6.77. The van der Waals surface area contributed by atoms with Gasteiger partial charge < -0.3 is 15.4 Å². The van der Waals surface area contributed by atoms with Gasteiger partial charge in [0, 0.05) is 48.8 Å². The molecule has 0 spiro atoms. The first kappa shape index (κ1) is 18.4. The summed E-state index contributed by atoms with van der Waals surface area (Å²) in [6.07, 6.45) is 4.29. The number of nitrogens with one attached hydrogen (secondary N) is 2. The zero-order valence-corrected chi connectivity index (χ0v) is 16.7. The van der Waals surface area contributed by atoms with Crippen molar-refractivity contribution in [3.8, 4) is 5.75 Å². The van der Waals surface area contributed by atoms with Crippen molar-refractivity contribution in [1.82, 2.24) is 15.2 Å². The summed E-state index contributed by atoms with van der Waals surface area (Å²) < 4.78 is 7.30. The standard InChI is InChI=1S/C23H27N3O3/c1-29-20-10-15-5-2-4-14(15)8-17(20)13-25-23(28)22-18-9-16(11-24-12-18)19-6-3-7-21(27)26(19)22/h3,6-8,10,16,18,22,24H,2,4-5,9,11-13H2,1H3,(H,25,28)/t16-,18+,22-/m1/s1. The SMILES string of the molecule is COc1cc2c(cc1CNC(=O)[C@H]1[C@@H]3CNC[C@@H](C3)c3cccc(=O)n31)CCC2. The summed E-state index contributed by atoms with van der Waals surface area (Å²) in [6.45, 7) is 2.03. The van der Waals surface area contributed by atoms with Gasteiger partial charge in [-0.3, -0.25) is 14.2 Å². The topological polar surface area (TPSA) is 72.4 Å². The number of pyridine rings is 1. The number of benzene rings is 1. The van der Waals surface area contributed by atoms with Gasteiger partial charge in [-0.2, -0.15) is 0 Å². The molecule has 6 heteroatoms. The molecule has 0 unspecified atom stereocenters.